The fraction of sp³-hybridized carbons (Fsp3) is 0.714. The van der Waals surface area contributed by atoms with Crippen molar-refractivity contribution in [1.82, 2.24) is 5.32 Å². The number of rotatable bonds is 4. The van der Waals surface area contributed by atoms with Crippen molar-refractivity contribution < 1.29 is 14.3 Å². The second-order valence-electron chi connectivity index (χ2n) is 2.34. The van der Waals surface area contributed by atoms with Crippen molar-refractivity contribution in [3.05, 3.63) is 0 Å². The lowest BCUT2D eigenvalue weighted by molar-refractivity contribution is -0.142. The zero-order valence-electron chi connectivity index (χ0n) is 7.29. The summed E-state index contributed by atoms with van der Waals surface area (Å²) in [7, 11) is 2.80. The summed E-state index contributed by atoms with van der Waals surface area (Å²) < 4.78 is 4.38. The molecule has 12 heavy (non-hydrogen) atoms. The molecule has 0 saturated heterocycles. The molecule has 0 fully saturated rings. The molecule has 0 aliphatic heterocycles. The van der Waals surface area contributed by atoms with Gasteiger partial charge in [0.2, 0.25) is 5.91 Å². The van der Waals surface area contributed by atoms with E-state index in [4.69, 9.17) is 5.73 Å². The number of esters is 1. The molecule has 0 spiro atoms. The van der Waals surface area contributed by atoms with Crippen molar-refractivity contribution in [2.75, 3.05) is 14.2 Å². The molecular weight excluding hydrogens is 160 g/mol. The van der Waals surface area contributed by atoms with E-state index in [-0.39, 0.29) is 12.3 Å². The standard InChI is InChI=1S/C7H14N2O3/c1-9-6(10)4-3-5(8)7(11)12-2/h5H,3-4,8H2,1-2H3,(H,9,10). The first kappa shape index (κ1) is 10.9. The van der Waals surface area contributed by atoms with E-state index in [1.54, 1.807) is 0 Å². The molecule has 0 aromatic carbocycles. The van der Waals surface area contributed by atoms with Gasteiger partial charge in [-0.25, -0.2) is 0 Å². The molecule has 0 rings (SSSR count). The van der Waals surface area contributed by atoms with E-state index < -0.39 is 12.0 Å². The van der Waals surface area contributed by atoms with Crippen LogP contribution in [0, 0.1) is 0 Å². The predicted octanol–water partition coefficient (Wildman–Crippen LogP) is -0.987. The Kier molecular flexibility index (Phi) is 5.03. The second kappa shape index (κ2) is 5.54. The highest BCUT2D eigenvalue weighted by molar-refractivity contribution is 5.78. The van der Waals surface area contributed by atoms with Crippen LogP contribution in [0.2, 0.25) is 0 Å². The summed E-state index contributed by atoms with van der Waals surface area (Å²) in [4.78, 5) is 21.4. The van der Waals surface area contributed by atoms with Gasteiger partial charge in [0.1, 0.15) is 6.04 Å². The average Bonchev–Trinajstić information content (AvgIpc) is 2.11. The maximum atomic E-state index is 10.7. The van der Waals surface area contributed by atoms with Crippen molar-refractivity contribution >= 4 is 11.9 Å². The number of methoxy groups -OCH3 is 1. The Balaban J connectivity index is 3.63. The molecule has 1 amide bonds. The molecule has 0 radical (unpaired) electrons. The van der Waals surface area contributed by atoms with Gasteiger partial charge in [0.15, 0.2) is 0 Å². The predicted molar refractivity (Wildman–Crippen MR) is 43.3 cm³/mol. The fourth-order valence-corrected chi connectivity index (χ4v) is 0.681. The van der Waals surface area contributed by atoms with Crippen molar-refractivity contribution in [3.8, 4) is 0 Å². The largest absolute Gasteiger partial charge is 0.468 e. The van der Waals surface area contributed by atoms with Gasteiger partial charge in [-0.2, -0.15) is 0 Å². The van der Waals surface area contributed by atoms with Gasteiger partial charge in [0.25, 0.3) is 0 Å². The quantitative estimate of drug-likeness (QED) is 0.536. The van der Waals surface area contributed by atoms with Crippen molar-refractivity contribution in [1.29, 1.82) is 0 Å². The van der Waals surface area contributed by atoms with Crippen LogP contribution in [0.3, 0.4) is 0 Å². The van der Waals surface area contributed by atoms with E-state index in [1.165, 1.54) is 14.2 Å². The van der Waals surface area contributed by atoms with Crippen molar-refractivity contribution in [2.45, 2.75) is 18.9 Å². The molecule has 1 atom stereocenters. The first-order valence-electron chi connectivity index (χ1n) is 3.65. The summed E-state index contributed by atoms with van der Waals surface area (Å²) in [5, 5.41) is 2.43. The number of nitrogens with one attached hydrogen (secondary N) is 1. The van der Waals surface area contributed by atoms with E-state index in [0.29, 0.717) is 6.42 Å². The van der Waals surface area contributed by atoms with Gasteiger partial charge in [0.05, 0.1) is 7.11 Å². The summed E-state index contributed by atoms with van der Waals surface area (Å²) in [6, 6.07) is -0.702. The van der Waals surface area contributed by atoms with Crippen molar-refractivity contribution in [2.24, 2.45) is 5.73 Å². The van der Waals surface area contributed by atoms with Gasteiger partial charge < -0.3 is 15.8 Å². The Morgan fingerprint density at radius 3 is 2.58 bits per heavy atom. The van der Waals surface area contributed by atoms with Gasteiger partial charge in [-0.05, 0) is 6.42 Å². The third kappa shape index (κ3) is 3.92. The number of carbonyl (C=O) groups excluding carboxylic acids is 2. The summed E-state index contributed by atoms with van der Waals surface area (Å²) in [6.45, 7) is 0. The topological polar surface area (TPSA) is 81.4 Å². The zero-order chi connectivity index (χ0) is 9.56. The van der Waals surface area contributed by atoms with Crippen LogP contribution in [0.5, 0.6) is 0 Å². The third-order valence-electron chi connectivity index (χ3n) is 1.47. The summed E-state index contributed by atoms with van der Waals surface area (Å²) >= 11 is 0. The summed E-state index contributed by atoms with van der Waals surface area (Å²) in [5.41, 5.74) is 5.38. The molecule has 0 heterocycles. The Bertz CT molecular complexity index is 170. The number of nitrogens with two attached hydrogens (primary N) is 1. The lowest BCUT2D eigenvalue weighted by Gasteiger charge is -2.07. The second-order valence-corrected chi connectivity index (χ2v) is 2.34. The monoisotopic (exact) mass is 174 g/mol. The smallest absolute Gasteiger partial charge is 0.322 e. The van der Waals surface area contributed by atoms with Crippen LogP contribution < -0.4 is 11.1 Å². The van der Waals surface area contributed by atoms with Crippen LogP contribution in [-0.4, -0.2) is 32.1 Å². The van der Waals surface area contributed by atoms with Crippen LogP contribution in [0.25, 0.3) is 0 Å². The molecule has 0 aliphatic rings. The molecule has 5 nitrogen and oxygen atoms in total. The molecule has 70 valence electrons. The van der Waals surface area contributed by atoms with Gasteiger partial charge in [0, 0.05) is 13.5 Å². The number of hydrogen-bond acceptors (Lipinski definition) is 4. The van der Waals surface area contributed by atoms with Gasteiger partial charge in [-0.1, -0.05) is 0 Å². The zero-order valence-corrected chi connectivity index (χ0v) is 7.29. The summed E-state index contributed by atoms with van der Waals surface area (Å²) in [5.74, 6) is -0.617. The average molecular weight is 174 g/mol. The highest BCUT2D eigenvalue weighted by Crippen LogP contribution is 1.95. The number of carbonyl (C=O) groups is 2. The highest BCUT2D eigenvalue weighted by Gasteiger charge is 2.14. The molecule has 0 saturated carbocycles. The first-order chi connectivity index (χ1) is 5.61. The Hall–Kier alpha value is -1.10. The van der Waals surface area contributed by atoms with E-state index in [2.05, 4.69) is 10.1 Å². The Morgan fingerprint density at radius 2 is 2.17 bits per heavy atom. The number of amides is 1. The normalized spacial score (nSPS) is 11.9. The van der Waals surface area contributed by atoms with Gasteiger partial charge >= 0.3 is 5.97 Å². The van der Waals surface area contributed by atoms with Crippen molar-refractivity contribution in [3.63, 3.8) is 0 Å². The Labute approximate surface area is 71.3 Å². The van der Waals surface area contributed by atoms with E-state index >= 15 is 0 Å². The minimum absolute atomic E-state index is 0.130. The molecule has 1 unspecified atom stereocenters. The number of hydrogen-bond donors (Lipinski definition) is 2. The lowest BCUT2D eigenvalue weighted by Crippen LogP contribution is -2.33. The molecule has 0 aromatic heterocycles. The SMILES string of the molecule is CNC(=O)CCC(N)C(=O)OC. The Morgan fingerprint density at radius 1 is 1.58 bits per heavy atom. The van der Waals surface area contributed by atoms with Crippen LogP contribution in [0.1, 0.15) is 12.8 Å². The molecule has 5 heteroatoms. The molecule has 0 aliphatic carbocycles. The minimum Gasteiger partial charge on any atom is -0.468 e. The maximum Gasteiger partial charge on any atom is 0.322 e. The fourth-order valence-electron chi connectivity index (χ4n) is 0.681. The highest BCUT2D eigenvalue weighted by atomic mass is 16.5. The summed E-state index contributed by atoms with van der Waals surface area (Å²) in [6.07, 6.45) is 0.555. The van der Waals surface area contributed by atoms with Gasteiger partial charge in [-0.3, -0.25) is 9.59 Å². The first-order valence-corrected chi connectivity index (χ1v) is 3.65. The van der Waals surface area contributed by atoms with E-state index in [9.17, 15) is 9.59 Å². The molecule has 3 N–H and O–H groups in total. The van der Waals surface area contributed by atoms with Crippen LogP contribution in [0.4, 0.5) is 0 Å². The van der Waals surface area contributed by atoms with Crippen LogP contribution >= 0.6 is 0 Å². The third-order valence-corrected chi connectivity index (χ3v) is 1.47. The molecule has 0 bridgehead atoms. The van der Waals surface area contributed by atoms with E-state index in [0.717, 1.165) is 0 Å². The van der Waals surface area contributed by atoms with Crippen LogP contribution in [-0.2, 0) is 14.3 Å². The number of ether oxygens (including phenoxy) is 1. The maximum absolute atomic E-state index is 10.7. The molecule has 0 aromatic rings. The van der Waals surface area contributed by atoms with Gasteiger partial charge in [-0.15, -0.1) is 0 Å². The molecular formula is C7H14N2O3. The lowest BCUT2D eigenvalue weighted by atomic mass is 10.1. The van der Waals surface area contributed by atoms with Crippen LogP contribution in [0.15, 0.2) is 0 Å². The van der Waals surface area contributed by atoms with E-state index in [1.807, 2.05) is 0 Å². The minimum atomic E-state index is -0.702.